The minimum Gasteiger partial charge on any atom is -0.377 e. The number of pyridine rings is 1. The molecule has 1 atom stereocenters. The maximum absolute atomic E-state index is 12.6. The van der Waals surface area contributed by atoms with Gasteiger partial charge in [0.05, 0.1) is 11.2 Å². The van der Waals surface area contributed by atoms with Crippen molar-refractivity contribution in [1.29, 1.82) is 0 Å². The maximum Gasteiger partial charge on any atom is 0.256 e. The van der Waals surface area contributed by atoms with E-state index in [4.69, 9.17) is 10.7 Å². The van der Waals surface area contributed by atoms with Gasteiger partial charge < -0.3 is 16.0 Å². The summed E-state index contributed by atoms with van der Waals surface area (Å²) >= 11 is 0. The molecule has 0 radical (unpaired) electrons. The number of imidazole rings is 1. The van der Waals surface area contributed by atoms with Crippen LogP contribution in [0.2, 0.25) is 0 Å². The standard InChI is InChI=1S/C25H25N7O/c1-2-14-31-15-11-19(16-31)22-20-10-13-28-25(26)32(20)23(30-22)17-6-8-18(9-7-17)24(33)29-21-5-3-4-12-27-21/h2-10,12-14,19H,11,15-16H2,1H3,(H2,26,28)(H,27,29,33). The van der Waals surface area contributed by atoms with Crippen molar-refractivity contribution >= 4 is 23.2 Å². The van der Waals surface area contributed by atoms with Gasteiger partial charge in [0.1, 0.15) is 11.6 Å². The van der Waals surface area contributed by atoms with E-state index in [1.807, 2.05) is 35.6 Å². The third kappa shape index (κ3) is 4.03. The van der Waals surface area contributed by atoms with Crippen molar-refractivity contribution in [2.24, 2.45) is 0 Å². The Morgan fingerprint density at radius 1 is 1.12 bits per heavy atom. The number of benzene rings is 1. The summed E-state index contributed by atoms with van der Waals surface area (Å²) in [6.45, 7) is 3.96. The van der Waals surface area contributed by atoms with Gasteiger partial charge in [0.2, 0.25) is 5.95 Å². The Hall–Kier alpha value is -4.20. The predicted octanol–water partition coefficient (Wildman–Crippen LogP) is 3.95. The van der Waals surface area contributed by atoms with E-state index in [0.717, 1.165) is 42.1 Å². The number of aromatic nitrogens is 4. The molecule has 4 aromatic rings. The molecule has 1 fully saturated rings. The monoisotopic (exact) mass is 439 g/mol. The highest BCUT2D eigenvalue weighted by molar-refractivity contribution is 6.04. The van der Waals surface area contributed by atoms with Gasteiger partial charge in [-0.05, 0) is 49.9 Å². The first-order chi connectivity index (χ1) is 16.1. The summed E-state index contributed by atoms with van der Waals surface area (Å²) in [5.74, 6) is 1.73. The largest absolute Gasteiger partial charge is 0.377 e. The first-order valence-electron chi connectivity index (χ1n) is 11.0. The number of carbonyl (C=O) groups is 1. The average Bonchev–Trinajstić information content (AvgIpc) is 3.45. The molecule has 8 heteroatoms. The summed E-state index contributed by atoms with van der Waals surface area (Å²) in [7, 11) is 0. The Morgan fingerprint density at radius 3 is 2.73 bits per heavy atom. The number of anilines is 2. The van der Waals surface area contributed by atoms with Crippen molar-refractivity contribution in [2.45, 2.75) is 19.3 Å². The summed E-state index contributed by atoms with van der Waals surface area (Å²) in [5, 5.41) is 2.80. The molecule has 0 spiro atoms. The predicted molar refractivity (Wildman–Crippen MR) is 129 cm³/mol. The van der Waals surface area contributed by atoms with E-state index >= 15 is 0 Å². The second kappa shape index (κ2) is 8.74. The van der Waals surface area contributed by atoms with Crippen molar-refractivity contribution < 1.29 is 4.79 Å². The molecule has 5 rings (SSSR count). The van der Waals surface area contributed by atoms with E-state index in [-0.39, 0.29) is 5.91 Å². The van der Waals surface area contributed by atoms with Crippen LogP contribution in [0.15, 0.2) is 73.2 Å². The number of nitrogens with zero attached hydrogens (tertiary/aromatic N) is 5. The Kier molecular flexibility index (Phi) is 5.48. The quantitative estimate of drug-likeness (QED) is 0.488. The zero-order valence-electron chi connectivity index (χ0n) is 18.3. The van der Waals surface area contributed by atoms with Crippen LogP contribution in [-0.4, -0.2) is 43.2 Å². The lowest BCUT2D eigenvalue weighted by molar-refractivity contribution is 0.102. The number of hydrogen-bond acceptors (Lipinski definition) is 6. The number of allylic oxidation sites excluding steroid dienone is 1. The zero-order chi connectivity index (χ0) is 22.8. The number of likely N-dealkylation sites (tertiary alicyclic amines) is 1. The Labute approximate surface area is 191 Å². The van der Waals surface area contributed by atoms with Gasteiger partial charge in [0, 0.05) is 42.5 Å². The molecule has 1 aliphatic rings. The third-order valence-corrected chi connectivity index (χ3v) is 5.89. The molecule has 0 saturated carbocycles. The highest BCUT2D eigenvalue weighted by Crippen LogP contribution is 2.33. The molecule has 33 heavy (non-hydrogen) atoms. The fraction of sp³-hybridized carbons (Fsp3) is 0.200. The fourth-order valence-corrected chi connectivity index (χ4v) is 4.33. The van der Waals surface area contributed by atoms with Crippen LogP contribution in [0.25, 0.3) is 16.9 Å². The van der Waals surface area contributed by atoms with Gasteiger partial charge in [-0.2, -0.15) is 0 Å². The number of nitrogens with one attached hydrogen (secondary N) is 1. The van der Waals surface area contributed by atoms with Gasteiger partial charge in [-0.25, -0.2) is 15.0 Å². The van der Waals surface area contributed by atoms with Crippen LogP contribution in [0.5, 0.6) is 0 Å². The molecular weight excluding hydrogens is 414 g/mol. The molecule has 1 aliphatic heterocycles. The van der Waals surface area contributed by atoms with Gasteiger partial charge in [-0.3, -0.25) is 9.20 Å². The van der Waals surface area contributed by atoms with E-state index in [1.165, 1.54) is 0 Å². The normalized spacial score (nSPS) is 16.0. The minimum absolute atomic E-state index is 0.217. The molecule has 1 unspecified atom stereocenters. The third-order valence-electron chi connectivity index (χ3n) is 5.89. The molecule has 0 aliphatic carbocycles. The number of nitrogens with two attached hydrogens (primary N) is 1. The van der Waals surface area contributed by atoms with Gasteiger partial charge in [0.15, 0.2) is 0 Å². The Balaban J connectivity index is 1.47. The molecule has 4 heterocycles. The Bertz CT molecular complexity index is 1310. The lowest BCUT2D eigenvalue weighted by atomic mass is 10.0. The van der Waals surface area contributed by atoms with E-state index < -0.39 is 0 Å². The molecule has 166 valence electrons. The molecule has 1 saturated heterocycles. The number of nitrogen functional groups attached to an aromatic ring is 1. The summed E-state index contributed by atoms with van der Waals surface area (Å²) in [5.41, 5.74) is 9.67. The van der Waals surface area contributed by atoms with Crippen LogP contribution in [0.4, 0.5) is 11.8 Å². The highest BCUT2D eigenvalue weighted by atomic mass is 16.1. The summed E-state index contributed by atoms with van der Waals surface area (Å²) < 4.78 is 1.90. The van der Waals surface area contributed by atoms with Crippen molar-refractivity contribution in [3.8, 4) is 11.4 Å². The first kappa shape index (κ1) is 20.7. The smallest absolute Gasteiger partial charge is 0.256 e. The molecule has 1 aromatic carbocycles. The number of carbonyl (C=O) groups excluding carboxylic acids is 1. The van der Waals surface area contributed by atoms with Gasteiger partial charge in [0.25, 0.3) is 5.91 Å². The summed E-state index contributed by atoms with van der Waals surface area (Å²) in [4.78, 5) is 28.3. The van der Waals surface area contributed by atoms with Crippen LogP contribution in [0.1, 0.15) is 35.3 Å². The second-order valence-corrected chi connectivity index (χ2v) is 8.05. The average molecular weight is 440 g/mol. The van der Waals surface area contributed by atoms with Crippen molar-refractivity contribution in [2.75, 3.05) is 24.1 Å². The topological polar surface area (TPSA) is 101 Å². The lowest BCUT2D eigenvalue weighted by Gasteiger charge is -2.12. The van der Waals surface area contributed by atoms with Crippen LogP contribution in [-0.2, 0) is 0 Å². The molecule has 3 aromatic heterocycles. The molecule has 8 nitrogen and oxygen atoms in total. The second-order valence-electron chi connectivity index (χ2n) is 8.05. The van der Waals surface area contributed by atoms with Gasteiger partial charge >= 0.3 is 0 Å². The molecule has 1 amide bonds. The number of hydrogen-bond donors (Lipinski definition) is 2. The van der Waals surface area contributed by atoms with Crippen LogP contribution < -0.4 is 11.1 Å². The van der Waals surface area contributed by atoms with Crippen molar-refractivity contribution in [1.82, 2.24) is 24.3 Å². The summed E-state index contributed by atoms with van der Waals surface area (Å²) in [6.07, 6.45) is 8.59. The van der Waals surface area contributed by atoms with Crippen molar-refractivity contribution in [3.05, 3.63) is 84.5 Å². The van der Waals surface area contributed by atoms with Gasteiger partial charge in [-0.1, -0.05) is 24.3 Å². The fourth-order valence-electron chi connectivity index (χ4n) is 4.33. The molecule has 3 N–H and O–H groups in total. The SMILES string of the molecule is CC=CN1CCC(c2nc(-c3ccc(C(=O)Nc4ccccn4)cc3)n3c(N)nccc23)C1. The number of fused-ring (bicyclic) bond motifs is 1. The van der Waals surface area contributed by atoms with E-state index in [9.17, 15) is 4.79 Å². The van der Waals surface area contributed by atoms with Crippen molar-refractivity contribution in [3.63, 3.8) is 0 Å². The number of rotatable bonds is 5. The van der Waals surface area contributed by atoms with Crippen LogP contribution in [0.3, 0.4) is 0 Å². The lowest BCUT2D eigenvalue weighted by Crippen LogP contribution is -2.12. The molecular formula is C25H25N7O. The van der Waals surface area contributed by atoms with E-state index in [2.05, 4.69) is 32.5 Å². The van der Waals surface area contributed by atoms with Gasteiger partial charge in [-0.15, -0.1) is 0 Å². The van der Waals surface area contributed by atoms with E-state index in [0.29, 0.717) is 23.2 Å². The number of amides is 1. The Morgan fingerprint density at radius 2 is 1.97 bits per heavy atom. The summed E-state index contributed by atoms with van der Waals surface area (Å²) in [6, 6.07) is 14.7. The van der Waals surface area contributed by atoms with Crippen LogP contribution >= 0.6 is 0 Å². The van der Waals surface area contributed by atoms with Crippen LogP contribution in [0, 0.1) is 0 Å². The highest BCUT2D eigenvalue weighted by Gasteiger charge is 2.27. The van der Waals surface area contributed by atoms with E-state index in [1.54, 1.807) is 36.7 Å². The maximum atomic E-state index is 12.6. The zero-order valence-corrected chi connectivity index (χ0v) is 18.3. The molecule has 0 bridgehead atoms. The first-order valence-corrected chi connectivity index (χ1v) is 11.0. The minimum atomic E-state index is -0.217.